The maximum atomic E-state index is 12.8. The van der Waals surface area contributed by atoms with E-state index >= 15 is 0 Å². The molecule has 0 aromatic heterocycles. The summed E-state index contributed by atoms with van der Waals surface area (Å²) in [7, 11) is -4.41. The summed E-state index contributed by atoms with van der Waals surface area (Å²) in [5, 5.41) is 24.1. The highest BCUT2D eigenvalue weighted by atomic mass is 31.2. The maximum Gasteiger partial charge on any atom is 0.472 e. The van der Waals surface area contributed by atoms with E-state index < -0.39 is 38.6 Å². The fourth-order valence-corrected chi connectivity index (χ4v) is 7.67. The van der Waals surface area contributed by atoms with Crippen LogP contribution in [0.2, 0.25) is 0 Å². The van der Waals surface area contributed by atoms with Crippen molar-refractivity contribution >= 4 is 13.7 Å². The molecule has 0 aliphatic carbocycles. The Bertz CT molecular complexity index is 1010. The number of amides is 1. The molecule has 0 saturated heterocycles. The van der Waals surface area contributed by atoms with E-state index in [2.05, 4.69) is 43.5 Å². The second-order valence-electron chi connectivity index (χ2n) is 16.1. The summed E-state index contributed by atoms with van der Waals surface area (Å²) in [6.45, 7) is 3.96. The van der Waals surface area contributed by atoms with Crippen molar-refractivity contribution in [2.75, 3.05) is 19.8 Å². The molecule has 9 nitrogen and oxygen atoms in total. The van der Waals surface area contributed by atoms with E-state index in [9.17, 15) is 24.5 Å². The van der Waals surface area contributed by atoms with Crippen molar-refractivity contribution in [2.45, 2.75) is 238 Å². The first-order chi connectivity index (χ1) is 27.8. The predicted molar refractivity (Wildman–Crippen MR) is 241 cm³/mol. The Hall–Kier alpha value is -1.32. The zero-order valence-corrected chi connectivity index (χ0v) is 37.8. The van der Waals surface area contributed by atoms with Crippen molar-refractivity contribution in [1.82, 2.24) is 5.32 Å². The Morgan fingerprint density at radius 2 is 1.00 bits per heavy atom. The standard InChI is InChI=1S/C47H91N2O7P/c1-3-5-7-9-11-13-15-17-19-21-22-23-25-27-29-31-33-35-37-39-46(51)45(43-56-57(53,54)55-41-40-48)49-47(52)42-44(50)38-36-34-32-30-28-26-24-20-18-16-14-12-10-8-6-4-2/h22-23,29,31,37,39,44-46,50-51H,3-21,24-28,30,32-36,38,40-43,48H2,1-2H3,(H,49,52)(H,53,54)/b23-22+,31-29+,39-37+. The van der Waals surface area contributed by atoms with Crippen LogP contribution in [0.5, 0.6) is 0 Å². The molecular weight excluding hydrogens is 735 g/mol. The number of phosphoric acid groups is 1. The maximum absolute atomic E-state index is 12.8. The van der Waals surface area contributed by atoms with Crippen molar-refractivity contribution in [3.8, 4) is 0 Å². The molecule has 0 aliphatic rings. The van der Waals surface area contributed by atoms with E-state index in [0.29, 0.717) is 12.8 Å². The van der Waals surface area contributed by atoms with Crippen LogP contribution in [0.15, 0.2) is 36.5 Å². The van der Waals surface area contributed by atoms with Crippen LogP contribution in [0.4, 0.5) is 0 Å². The molecule has 0 aromatic rings. The molecule has 0 radical (unpaired) electrons. The summed E-state index contributed by atoms with van der Waals surface area (Å²) in [6.07, 6.45) is 48.0. The number of nitrogens with two attached hydrogens (primary N) is 1. The molecule has 0 aliphatic heterocycles. The van der Waals surface area contributed by atoms with Gasteiger partial charge in [0, 0.05) is 6.54 Å². The molecule has 0 rings (SSSR count). The number of hydrogen-bond acceptors (Lipinski definition) is 7. The van der Waals surface area contributed by atoms with Gasteiger partial charge in [0.2, 0.25) is 5.91 Å². The van der Waals surface area contributed by atoms with E-state index in [0.717, 1.165) is 44.9 Å². The summed E-state index contributed by atoms with van der Waals surface area (Å²) in [5.41, 5.74) is 5.37. The van der Waals surface area contributed by atoms with E-state index in [-0.39, 0.29) is 19.6 Å². The van der Waals surface area contributed by atoms with Crippen molar-refractivity contribution in [2.24, 2.45) is 5.73 Å². The zero-order chi connectivity index (χ0) is 41.9. The molecule has 57 heavy (non-hydrogen) atoms. The highest BCUT2D eigenvalue weighted by Crippen LogP contribution is 2.43. The van der Waals surface area contributed by atoms with E-state index in [1.807, 2.05) is 6.08 Å². The third kappa shape index (κ3) is 41.2. The number of carbonyl (C=O) groups is 1. The summed E-state index contributed by atoms with van der Waals surface area (Å²) < 4.78 is 22.1. The summed E-state index contributed by atoms with van der Waals surface area (Å²) in [6, 6.07) is -1.00. The predicted octanol–water partition coefficient (Wildman–Crippen LogP) is 12.5. The lowest BCUT2D eigenvalue weighted by molar-refractivity contribution is -0.124. The Balaban J connectivity index is 4.33. The topological polar surface area (TPSA) is 151 Å². The van der Waals surface area contributed by atoms with Crippen LogP contribution in [-0.4, -0.2) is 59.0 Å². The zero-order valence-electron chi connectivity index (χ0n) is 36.9. The van der Waals surface area contributed by atoms with E-state index in [1.54, 1.807) is 6.08 Å². The monoisotopic (exact) mass is 827 g/mol. The first kappa shape index (κ1) is 55.7. The largest absolute Gasteiger partial charge is 0.472 e. The molecule has 0 fully saturated rings. The van der Waals surface area contributed by atoms with Gasteiger partial charge in [-0.05, 0) is 44.9 Å². The molecule has 0 bridgehead atoms. The van der Waals surface area contributed by atoms with Gasteiger partial charge in [-0.3, -0.25) is 13.8 Å². The third-order valence-electron chi connectivity index (χ3n) is 10.5. The quantitative estimate of drug-likeness (QED) is 0.0231. The van der Waals surface area contributed by atoms with Gasteiger partial charge in [0.1, 0.15) is 0 Å². The number of carbonyl (C=O) groups excluding carboxylic acids is 1. The van der Waals surface area contributed by atoms with Gasteiger partial charge < -0.3 is 26.2 Å². The lowest BCUT2D eigenvalue weighted by Crippen LogP contribution is -2.46. The molecular formula is C47H91N2O7P. The molecule has 0 spiro atoms. The van der Waals surface area contributed by atoms with Gasteiger partial charge in [0.25, 0.3) is 0 Å². The minimum Gasteiger partial charge on any atom is -0.393 e. The van der Waals surface area contributed by atoms with E-state index in [1.165, 1.54) is 141 Å². The molecule has 0 saturated carbocycles. The lowest BCUT2D eigenvalue weighted by atomic mass is 10.0. The lowest BCUT2D eigenvalue weighted by Gasteiger charge is -2.24. The molecule has 0 aromatic carbocycles. The first-order valence-electron chi connectivity index (χ1n) is 23.7. The van der Waals surface area contributed by atoms with Crippen LogP contribution >= 0.6 is 7.82 Å². The van der Waals surface area contributed by atoms with Gasteiger partial charge in [-0.1, -0.05) is 204 Å². The number of nitrogens with one attached hydrogen (secondary N) is 1. The second-order valence-corrected chi connectivity index (χ2v) is 17.6. The number of hydrogen-bond donors (Lipinski definition) is 5. The Kier molecular flexibility index (Phi) is 41.8. The number of rotatable bonds is 44. The number of aliphatic hydroxyl groups is 2. The van der Waals surface area contributed by atoms with Gasteiger partial charge in [0.05, 0.1) is 37.9 Å². The van der Waals surface area contributed by atoms with Crippen LogP contribution in [0.25, 0.3) is 0 Å². The number of unbranched alkanes of at least 4 members (excludes halogenated alkanes) is 26. The van der Waals surface area contributed by atoms with Gasteiger partial charge in [-0.2, -0.15) is 0 Å². The van der Waals surface area contributed by atoms with Gasteiger partial charge in [0.15, 0.2) is 0 Å². The van der Waals surface area contributed by atoms with Crippen LogP contribution < -0.4 is 11.1 Å². The number of allylic oxidation sites excluding steroid dienone is 5. The molecule has 0 heterocycles. The molecule has 4 unspecified atom stereocenters. The minimum absolute atomic E-state index is 0.0429. The Labute approximate surface area is 351 Å². The fourth-order valence-electron chi connectivity index (χ4n) is 6.91. The third-order valence-corrected chi connectivity index (χ3v) is 11.5. The molecule has 1 amide bonds. The van der Waals surface area contributed by atoms with Crippen LogP contribution in [0.3, 0.4) is 0 Å². The molecule has 336 valence electrons. The average molecular weight is 827 g/mol. The van der Waals surface area contributed by atoms with Crippen molar-refractivity contribution in [3.05, 3.63) is 36.5 Å². The van der Waals surface area contributed by atoms with Crippen LogP contribution in [0.1, 0.15) is 219 Å². The van der Waals surface area contributed by atoms with Gasteiger partial charge >= 0.3 is 7.82 Å². The first-order valence-corrected chi connectivity index (χ1v) is 25.2. The molecule has 4 atom stereocenters. The summed E-state index contributed by atoms with van der Waals surface area (Å²) >= 11 is 0. The summed E-state index contributed by atoms with van der Waals surface area (Å²) in [5.74, 6) is -0.458. The fraction of sp³-hybridized carbons (Fsp3) is 0.851. The molecule has 10 heteroatoms. The van der Waals surface area contributed by atoms with Crippen LogP contribution in [0, 0.1) is 0 Å². The smallest absolute Gasteiger partial charge is 0.393 e. The Morgan fingerprint density at radius 1 is 0.596 bits per heavy atom. The SMILES string of the molecule is CCCCCCCCCCC/C=C/CC/C=C/CC/C=C/C(O)C(COP(=O)(O)OCCN)NC(=O)CC(O)CCCCCCCCCCCCCCCCCC. The van der Waals surface area contributed by atoms with Gasteiger partial charge in [-0.15, -0.1) is 0 Å². The number of phosphoric ester groups is 1. The van der Waals surface area contributed by atoms with E-state index in [4.69, 9.17) is 14.8 Å². The van der Waals surface area contributed by atoms with Crippen molar-refractivity contribution in [3.63, 3.8) is 0 Å². The normalized spacial score (nSPS) is 14.8. The van der Waals surface area contributed by atoms with Crippen LogP contribution in [-0.2, 0) is 18.4 Å². The van der Waals surface area contributed by atoms with Crippen molar-refractivity contribution < 1.29 is 33.5 Å². The number of aliphatic hydroxyl groups excluding tert-OH is 2. The highest BCUT2D eigenvalue weighted by Gasteiger charge is 2.27. The Morgan fingerprint density at radius 3 is 1.46 bits per heavy atom. The molecule has 6 N–H and O–H groups in total. The second kappa shape index (κ2) is 42.8. The average Bonchev–Trinajstić information content (AvgIpc) is 3.19. The van der Waals surface area contributed by atoms with Crippen molar-refractivity contribution in [1.29, 1.82) is 0 Å². The minimum atomic E-state index is -4.41. The summed E-state index contributed by atoms with van der Waals surface area (Å²) in [4.78, 5) is 22.8. The highest BCUT2D eigenvalue weighted by molar-refractivity contribution is 7.47. The van der Waals surface area contributed by atoms with Gasteiger partial charge in [-0.25, -0.2) is 4.57 Å².